The Labute approximate surface area is 253 Å². The van der Waals surface area contributed by atoms with Crippen LogP contribution in [0.2, 0.25) is 5.02 Å². The van der Waals surface area contributed by atoms with E-state index in [2.05, 4.69) is 13.2 Å². The summed E-state index contributed by atoms with van der Waals surface area (Å²) < 4.78 is 4.45. The molecular formula is C32H43ClN2O5S. The maximum Gasteiger partial charge on any atom is 0.311 e. The predicted molar refractivity (Wildman–Crippen MR) is 165 cm³/mol. The number of aliphatic hydroxyl groups is 1. The normalized spacial score (nSPS) is 29.6. The van der Waals surface area contributed by atoms with Crippen molar-refractivity contribution in [3.05, 3.63) is 54.6 Å². The van der Waals surface area contributed by atoms with E-state index in [-0.39, 0.29) is 36.9 Å². The van der Waals surface area contributed by atoms with Gasteiger partial charge in [0.2, 0.25) is 5.91 Å². The largest absolute Gasteiger partial charge is 0.465 e. The Morgan fingerprint density at radius 2 is 1.95 bits per heavy atom. The van der Waals surface area contributed by atoms with Crippen molar-refractivity contribution in [3.8, 4) is 0 Å². The van der Waals surface area contributed by atoms with Crippen LogP contribution in [0.1, 0.15) is 59.3 Å². The number of carbonyl (C=O) groups is 3. The average Bonchev–Trinajstić information content (AvgIpc) is 3.53. The van der Waals surface area contributed by atoms with Gasteiger partial charge < -0.3 is 19.6 Å². The monoisotopic (exact) mass is 602 g/mol. The van der Waals surface area contributed by atoms with Gasteiger partial charge in [0.25, 0.3) is 5.91 Å². The second-order valence-electron chi connectivity index (χ2n) is 11.8. The number of nitrogens with zero attached hydrogens (tertiary/aromatic N) is 2. The summed E-state index contributed by atoms with van der Waals surface area (Å²) in [5.41, 5.74) is 0.648. The molecule has 9 heteroatoms. The van der Waals surface area contributed by atoms with Crippen LogP contribution in [-0.2, 0) is 19.1 Å². The molecule has 3 heterocycles. The van der Waals surface area contributed by atoms with Gasteiger partial charge in [-0.2, -0.15) is 0 Å². The molecule has 3 aliphatic heterocycles. The molecule has 1 N–H and O–H groups in total. The summed E-state index contributed by atoms with van der Waals surface area (Å²) in [5, 5.41) is 11.1. The maximum atomic E-state index is 14.7. The summed E-state index contributed by atoms with van der Waals surface area (Å²) in [6.07, 6.45) is 8.01. The molecule has 2 bridgehead atoms. The van der Waals surface area contributed by atoms with Crippen LogP contribution in [-0.4, -0.2) is 69.1 Å². The van der Waals surface area contributed by atoms with E-state index in [9.17, 15) is 19.5 Å². The number of amides is 2. The van der Waals surface area contributed by atoms with Crippen molar-refractivity contribution in [2.75, 3.05) is 24.7 Å². The third-order valence-electron chi connectivity index (χ3n) is 9.31. The van der Waals surface area contributed by atoms with Crippen LogP contribution in [0.5, 0.6) is 0 Å². The van der Waals surface area contributed by atoms with Gasteiger partial charge in [-0.1, -0.05) is 44.0 Å². The standard InChI is InChI=1S/C32H43ClN2O5S/c1-6-9-10-11-19-40-30(39)26-25-28(37)35(24(20-36)21(4)8-3)27(32(25)17-16-31(26,5)41-32)29(38)34(18-7-2)23-14-12-22(33)13-15-23/h6-7,12-15,21,24-27,36H,1-2,8-11,16-20H2,3-5H3/t21-,24-,25-,26-,27?,31+,32?/m0/s1. The van der Waals surface area contributed by atoms with Crippen molar-refractivity contribution in [2.45, 2.75) is 80.9 Å². The minimum Gasteiger partial charge on any atom is -0.465 e. The zero-order chi connectivity index (χ0) is 29.9. The lowest BCUT2D eigenvalue weighted by Gasteiger charge is -2.41. The van der Waals surface area contributed by atoms with Crippen molar-refractivity contribution in [3.63, 3.8) is 0 Å². The Kier molecular flexibility index (Phi) is 9.97. The van der Waals surface area contributed by atoms with Crippen LogP contribution >= 0.6 is 23.4 Å². The molecule has 0 saturated carbocycles. The van der Waals surface area contributed by atoms with E-state index >= 15 is 0 Å². The summed E-state index contributed by atoms with van der Waals surface area (Å²) in [7, 11) is 0. The van der Waals surface area contributed by atoms with E-state index in [4.69, 9.17) is 16.3 Å². The number of hydrogen-bond acceptors (Lipinski definition) is 6. The van der Waals surface area contributed by atoms with Gasteiger partial charge in [-0.15, -0.1) is 24.9 Å². The van der Waals surface area contributed by atoms with Crippen LogP contribution in [0.25, 0.3) is 0 Å². The molecule has 224 valence electrons. The van der Waals surface area contributed by atoms with E-state index in [1.165, 1.54) is 0 Å². The zero-order valence-electron chi connectivity index (χ0n) is 24.4. The smallest absolute Gasteiger partial charge is 0.311 e. The highest BCUT2D eigenvalue weighted by molar-refractivity contribution is 8.02. The summed E-state index contributed by atoms with van der Waals surface area (Å²) in [5.74, 6) is -2.24. The van der Waals surface area contributed by atoms with Crippen LogP contribution < -0.4 is 4.90 Å². The highest BCUT2D eigenvalue weighted by Gasteiger charge is 2.78. The SMILES string of the molecule is C=CCCCCOC(=O)[C@@H]1[C@H]2C(=O)N([C@@H](CO)[C@@H](C)CC)C(C(=O)N(CC=C)c3ccc(Cl)cc3)C23CC[C@@]1(C)S3. The summed E-state index contributed by atoms with van der Waals surface area (Å²) >= 11 is 7.75. The van der Waals surface area contributed by atoms with Gasteiger partial charge in [0.15, 0.2) is 0 Å². The number of ether oxygens (including phenoxy) is 1. The predicted octanol–water partition coefficient (Wildman–Crippen LogP) is 5.65. The molecule has 7 atom stereocenters. The van der Waals surface area contributed by atoms with E-state index in [1.807, 2.05) is 26.8 Å². The second-order valence-corrected chi connectivity index (χ2v) is 14.1. The van der Waals surface area contributed by atoms with Gasteiger partial charge in [0.1, 0.15) is 6.04 Å². The van der Waals surface area contributed by atoms with Crippen LogP contribution in [0.15, 0.2) is 49.6 Å². The highest BCUT2D eigenvalue weighted by atomic mass is 35.5. The fourth-order valence-corrected chi connectivity index (χ4v) is 9.50. The number of aliphatic hydroxyl groups excluding tert-OH is 1. The summed E-state index contributed by atoms with van der Waals surface area (Å²) in [4.78, 5) is 46.2. The van der Waals surface area contributed by atoms with Gasteiger partial charge in [-0.3, -0.25) is 14.4 Å². The van der Waals surface area contributed by atoms with Crippen LogP contribution in [0.4, 0.5) is 5.69 Å². The lowest BCUT2D eigenvalue weighted by Crippen LogP contribution is -2.58. The molecule has 3 fully saturated rings. The molecule has 0 radical (unpaired) electrons. The number of unbranched alkanes of at least 4 members (excludes halogenated alkanes) is 2. The lowest BCUT2D eigenvalue weighted by atomic mass is 9.66. The first-order chi connectivity index (χ1) is 19.6. The Bertz CT molecular complexity index is 1160. The number of allylic oxidation sites excluding steroid dienone is 1. The third kappa shape index (κ3) is 5.59. The molecule has 2 amide bonds. The number of thioether (sulfide) groups is 1. The Morgan fingerprint density at radius 3 is 2.56 bits per heavy atom. The quantitative estimate of drug-likeness (QED) is 0.168. The number of benzene rings is 1. The van der Waals surface area contributed by atoms with Crippen LogP contribution in [0.3, 0.4) is 0 Å². The molecule has 41 heavy (non-hydrogen) atoms. The van der Waals surface area contributed by atoms with Gasteiger partial charge in [-0.05, 0) is 69.2 Å². The van der Waals surface area contributed by atoms with Crippen LogP contribution in [0, 0.1) is 17.8 Å². The van der Waals surface area contributed by atoms with Crippen molar-refractivity contribution in [1.82, 2.24) is 4.90 Å². The number of carbonyl (C=O) groups excluding carboxylic acids is 3. The fraction of sp³-hybridized carbons (Fsp3) is 0.594. The molecule has 0 aromatic heterocycles. The molecule has 1 aromatic carbocycles. The first-order valence-electron chi connectivity index (χ1n) is 14.7. The van der Waals surface area contributed by atoms with Gasteiger partial charge in [-0.25, -0.2) is 0 Å². The minimum atomic E-state index is -0.848. The topological polar surface area (TPSA) is 87.1 Å². The Morgan fingerprint density at radius 1 is 1.24 bits per heavy atom. The van der Waals surface area contributed by atoms with Crippen molar-refractivity contribution >= 4 is 46.8 Å². The minimum absolute atomic E-state index is 0.0501. The molecule has 0 aliphatic carbocycles. The van der Waals surface area contributed by atoms with Crippen molar-refractivity contribution < 1.29 is 24.2 Å². The van der Waals surface area contributed by atoms with E-state index in [1.54, 1.807) is 51.9 Å². The van der Waals surface area contributed by atoms with Crippen molar-refractivity contribution in [1.29, 1.82) is 0 Å². The van der Waals surface area contributed by atoms with Gasteiger partial charge >= 0.3 is 5.97 Å². The summed E-state index contributed by atoms with van der Waals surface area (Å²) in [6.45, 7) is 13.9. The summed E-state index contributed by atoms with van der Waals surface area (Å²) in [6, 6.07) is 5.62. The van der Waals surface area contributed by atoms with Crippen molar-refractivity contribution in [2.24, 2.45) is 17.8 Å². The van der Waals surface area contributed by atoms with Gasteiger partial charge in [0.05, 0.1) is 35.8 Å². The number of anilines is 1. The molecule has 7 nitrogen and oxygen atoms in total. The average molecular weight is 603 g/mol. The first kappa shape index (κ1) is 31.6. The number of rotatable bonds is 14. The number of fused-ring (bicyclic) bond motifs is 1. The van der Waals surface area contributed by atoms with Gasteiger partial charge in [0, 0.05) is 22.0 Å². The second kappa shape index (κ2) is 12.9. The molecule has 2 unspecified atom stereocenters. The number of esters is 1. The molecular weight excluding hydrogens is 560 g/mol. The molecule has 3 saturated heterocycles. The fourth-order valence-electron chi connectivity index (χ4n) is 7.05. The molecule has 4 rings (SSSR count). The first-order valence-corrected chi connectivity index (χ1v) is 15.9. The van der Waals surface area contributed by atoms with E-state index in [0.29, 0.717) is 30.2 Å². The lowest BCUT2D eigenvalue weighted by molar-refractivity contribution is -0.156. The zero-order valence-corrected chi connectivity index (χ0v) is 26.0. The maximum absolute atomic E-state index is 14.7. The van der Waals surface area contributed by atoms with E-state index < -0.39 is 33.4 Å². The number of hydrogen-bond donors (Lipinski definition) is 1. The Balaban J connectivity index is 1.77. The molecule has 1 aromatic rings. The third-order valence-corrected chi connectivity index (χ3v) is 11.5. The molecule has 3 aliphatic rings. The molecule has 1 spiro atoms. The number of halogens is 1. The Hall–Kier alpha value is -2.29. The highest BCUT2D eigenvalue weighted by Crippen LogP contribution is 2.72. The number of likely N-dealkylation sites (tertiary alicyclic amines) is 1. The van der Waals surface area contributed by atoms with E-state index in [0.717, 1.165) is 25.7 Å².